The molecule has 1 aromatic heterocycles. The lowest BCUT2D eigenvalue weighted by Gasteiger charge is -2.05. The van der Waals surface area contributed by atoms with Gasteiger partial charge in [0, 0.05) is 16.8 Å². The summed E-state index contributed by atoms with van der Waals surface area (Å²) >= 11 is 1.26. The SMILES string of the molecule is C/C(CC(=O)Nc1ccc(F)cc1)=N/NC(=O)Cc1csc(N)n1. The summed E-state index contributed by atoms with van der Waals surface area (Å²) in [6.45, 7) is 1.62. The molecule has 1 aromatic carbocycles. The molecular formula is C15H16FN5O2S. The van der Waals surface area contributed by atoms with E-state index in [1.54, 1.807) is 12.3 Å². The zero-order valence-electron chi connectivity index (χ0n) is 12.9. The highest BCUT2D eigenvalue weighted by Gasteiger charge is 2.08. The Bertz CT molecular complexity index is 757. The topological polar surface area (TPSA) is 109 Å². The van der Waals surface area contributed by atoms with Crippen LogP contribution < -0.4 is 16.5 Å². The number of amides is 2. The maximum Gasteiger partial charge on any atom is 0.246 e. The summed E-state index contributed by atoms with van der Waals surface area (Å²) in [6, 6.07) is 5.42. The predicted molar refractivity (Wildman–Crippen MR) is 91.1 cm³/mol. The van der Waals surface area contributed by atoms with E-state index in [0.717, 1.165) is 0 Å². The zero-order chi connectivity index (χ0) is 17.5. The van der Waals surface area contributed by atoms with Crippen molar-refractivity contribution >= 4 is 39.7 Å². The number of carbonyl (C=O) groups excluding carboxylic acids is 2. The summed E-state index contributed by atoms with van der Waals surface area (Å²) in [5, 5.41) is 8.57. The fourth-order valence-electron chi connectivity index (χ4n) is 1.78. The number of halogens is 1. The van der Waals surface area contributed by atoms with Crippen molar-refractivity contribution in [2.75, 3.05) is 11.1 Å². The molecule has 0 atom stereocenters. The van der Waals surface area contributed by atoms with E-state index in [0.29, 0.717) is 22.2 Å². The number of benzene rings is 1. The van der Waals surface area contributed by atoms with Crippen LogP contribution in [-0.2, 0) is 16.0 Å². The summed E-state index contributed by atoms with van der Waals surface area (Å²) in [6.07, 6.45) is 0.0631. The van der Waals surface area contributed by atoms with Crippen LogP contribution in [0.5, 0.6) is 0 Å². The van der Waals surface area contributed by atoms with Gasteiger partial charge in [-0.15, -0.1) is 11.3 Å². The van der Waals surface area contributed by atoms with Crippen molar-refractivity contribution in [3.63, 3.8) is 0 Å². The molecule has 2 rings (SSSR count). The number of nitrogen functional groups attached to an aromatic ring is 1. The fourth-order valence-corrected chi connectivity index (χ4v) is 2.34. The number of hydrogen-bond acceptors (Lipinski definition) is 6. The number of aromatic nitrogens is 1. The normalized spacial score (nSPS) is 11.2. The monoisotopic (exact) mass is 349 g/mol. The van der Waals surface area contributed by atoms with E-state index < -0.39 is 0 Å². The molecule has 0 aliphatic rings. The third kappa shape index (κ3) is 5.76. The first-order valence-corrected chi connectivity index (χ1v) is 7.87. The number of nitrogens with two attached hydrogens (primary N) is 1. The van der Waals surface area contributed by atoms with Crippen LogP contribution in [0, 0.1) is 5.82 Å². The van der Waals surface area contributed by atoms with Gasteiger partial charge in [-0.3, -0.25) is 9.59 Å². The van der Waals surface area contributed by atoms with Crippen molar-refractivity contribution in [3.05, 3.63) is 41.2 Å². The van der Waals surface area contributed by atoms with Gasteiger partial charge in [0.2, 0.25) is 11.8 Å². The van der Waals surface area contributed by atoms with Gasteiger partial charge < -0.3 is 11.1 Å². The van der Waals surface area contributed by atoms with E-state index >= 15 is 0 Å². The third-order valence-electron chi connectivity index (χ3n) is 2.83. The van der Waals surface area contributed by atoms with E-state index in [9.17, 15) is 14.0 Å². The molecule has 2 aromatic rings. The lowest BCUT2D eigenvalue weighted by Crippen LogP contribution is -2.23. The molecule has 7 nitrogen and oxygen atoms in total. The van der Waals surface area contributed by atoms with Gasteiger partial charge in [-0.05, 0) is 31.2 Å². The highest BCUT2D eigenvalue weighted by Crippen LogP contribution is 2.11. The Labute approximate surface area is 141 Å². The molecule has 0 saturated carbocycles. The van der Waals surface area contributed by atoms with Crippen LogP contribution in [-0.4, -0.2) is 22.5 Å². The molecule has 0 aliphatic carbocycles. The Morgan fingerprint density at radius 2 is 2.00 bits per heavy atom. The highest BCUT2D eigenvalue weighted by molar-refractivity contribution is 7.13. The molecule has 24 heavy (non-hydrogen) atoms. The van der Waals surface area contributed by atoms with Crippen molar-refractivity contribution < 1.29 is 14.0 Å². The Kier molecular flexibility index (Phi) is 5.96. The Hall–Kier alpha value is -2.81. The highest BCUT2D eigenvalue weighted by atomic mass is 32.1. The van der Waals surface area contributed by atoms with Crippen molar-refractivity contribution in [2.45, 2.75) is 19.8 Å². The standard InChI is InChI=1S/C15H16FN5O2S/c1-9(6-13(22)18-11-4-2-10(16)3-5-11)20-21-14(23)7-12-8-24-15(17)19-12/h2-5,8H,6-7H2,1H3,(H2,17,19)(H,18,22)(H,21,23)/b20-9-. The molecule has 2 amide bonds. The van der Waals surface area contributed by atoms with Crippen LogP contribution in [0.3, 0.4) is 0 Å². The van der Waals surface area contributed by atoms with Crippen LogP contribution in [0.4, 0.5) is 15.2 Å². The van der Waals surface area contributed by atoms with E-state index in [-0.39, 0.29) is 30.5 Å². The fraction of sp³-hybridized carbons (Fsp3) is 0.200. The van der Waals surface area contributed by atoms with Gasteiger partial charge >= 0.3 is 0 Å². The van der Waals surface area contributed by atoms with Crippen molar-refractivity contribution in [3.8, 4) is 0 Å². The molecule has 9 heteroatoms. The first kappa shape index (κ1) is 17.5. The van der Waals surface area contributed by atoms with Gasteiger partial charge in [-0.2, -0.15) is 5.10 Å². The van der Waals surface area contributed by atoms with Gasteiger partial charge in [-0.1, -0.05) is 0 Å². The molecule has 0 radical (unpaired) electrons. The number of nitrogens with zero attached hydrogens (tertiary/aromatic N) is 2. The first-order chi connectivity index (χ1) is 11.4. The average molecular weight is 349 g/mol. The summed E-state index contributed by atoms with van der Waals surface area (Å²) in [4.78, 5) is 27.5. The van der Waals surface area contributed by atoms with Crippen LogP contribution in [0.25, 0.3) is 0 Å². The minimum absolute atomic E-state index is 0.00130. The molecular weight excluding hydrogens is 333 g/mol. The molecule has 1 heterocycles. The molecule has 0 saturated heterocycles. The van der Waals surface area contributed by atoms with Gasteiger partial charge in [0.1, 0.15) is 5.82 Å². The van der Waals surface area contributed by atoms with Crippen LogP contribution in [0.15, 0.2) is 34.7 Å². The molecule has 0 unspecified atom stereocenters. The second-order valence-corrected chi connectivity index (χ2v) is 5.86. The summed E-state index contributed by atoms with van der Waals surface area (Å²) in [5.74, 6) is -1.04. The lowest BCUT2D eigenvalue weighted by molar-refractivity contribution is -0.120. The summed E-state index contributed by atoms with van der Waals surface area (Å²) in [7, 11) is 0. The molecule has 0 fully saturated rings. The Balaban J connectivity index is 1.79. The zero-order valence-corrected chi connectivity index (χ0v) is 13.7. The number of rotatable bonds is 6. The molecule has 126 valence electrons. The van der Waals surface area contributed by atoms with Crippen LogP contribution in [0.2, 0.25) is 0 Å². The van der Waals surface area contributed by atoms with E-state index in [4.69, 9.17) is 5.73 Å². The molecule has 0 bridgehead atoms. The summed E-state index contributed by atoms with van der Waals surface area (Å²) in [5.41, 5.74) is 9.33. The molecule has 0 spiro atoms. The largest absolute Gasteiger partial charge is 0.375 e. The smallest absolute Gasteiger partial charge is 0.246 e. The quantitative estimate of drug-likeness (QED) is 0.547. The second kappa shape index (κ2) is 8.16. The minimum atomic E-state index is -0.379. The van der Waals surface area contributed by atoms with Crippen molar-refractivity contribution in [1.29, 1.82) is 0 Å². The second-order valence-electron chi connectivity index (χ2n) is 4.97. The average Bonchev–Trinajstić information content (AvgIpc) is 2.92. The van der Waals surface area contributed by atoms with Crippen LogP contribution in [0.1, 0.15) is 19.0 Å². The number of carbonyl (C=O) groups is 2. The number of nitrogens with one attached hydrogen (secondary N) is 2. The van der Waals surface area contributed by atoms with E-state index in [2.05, 4.69) is 20.8 Å². The van der Waals surface area contributed by atoms with Gasteiger partial charge in [0.15, 0.2) is 5.13 Å². The predicted octanol–water partition coefficient (Wildman–Crippen LogP) is 1.93. The molecule has 0 aliphatic heterocycles. The Morgan fingerprint density at radius 1 is 1.29 bits per heavy atom. The summed E-state index contributed by atoms with van der Waals surface area (Å²) < 4.78 is 12.8. The number of anilines is 2. The Morgan fingerprint density at radius 3 is 2.62 bits per heavy atom. The van der Waals surface area contributed by atoms with Gasteiger partial charge in [0.05, 0.1) is 18.5 Å². The van der Waals surface area contributed by atoms with Crippen LogP contribution >= 0.6 is 11.3 Å². The van der Waals surface area contributed by atoms with Crippen molar-refractivity contribution in [1.82, 2.24) is 10.4 Å². The molecule has 4 N–H and O–H groups in total. The maximum absolute atomic E-state index is 12.8. The number of thiazole rings is 1. The number of hydrogen-bond donors (Lipinski definition) is 3. The van der Waals surface area contributed by atoms with Gasteiger partial charge in [-0.25, -0.2) is 14.8 Å². The van der Waals surface area contributed by atoms with Crippen molar-refractivity contribution in [2.24, 2.45) is 5.10 Å². The van der Waals surface area contributed by atoms with Gasteiger partial charge in [0.25, 0.3) is 0 Å². The minimum Gasteiger partial charge on any atom is -0.375 e. The van der Waals surface area contributed by atoms with E-state index in [1.807, 2.05) is 0 Å². The van der Waals surface area contributed by atoms with E-state index in [1.165, 1.54) is 35.6 Å². The lowest BCUT2D eigenvalue weighted by atomic mass is 10.2. The first-order valence-electron chi connectivity index (χ1n) is 6.99. The maximum atomic E-state index is 12.8. The number of hydrazone groups is 1. The third-order valence-corrected chi connectivity index (χ3v) is 3.55.